The van der Waals surface area contributed by atoms with Gasteiger partial charge in [-0.1, -0.05) is 30.1 Å². The summed E-state index contributed by atoms with van der Waals surface area (Å²) < 4.78 is 4.64. The van der Waals surface area contributed by atoms with Gasteiger partial charge in [-0.15, -0.1) is 0 Å². The van der Waals surface area contributed by atoms with Gasteiger partial charge in [0.2, 0.25) is 5.88 Å². The minimum atomic E-state index is 0.340. The van der Waals surface area contributed by atoms with Gasteiger partial charge >= 0.3 is 0 Å². The van der Waals surface area contributed by atoms with Crippen molar-refractivity contribution in [2.45, 2.75) is 19.8 Å². The van der Waals surface area contributed by atoms with Crippen molar-refractivity contribution in [3.63, 3.8) is 0 Å². The molecular formula is C6H9ClN2O. The van der Waals surface area contributed by atoms with E-state index < -0.39 is 0 Å². The van der Waals surface area contributed by atoms with Crippen LogP contribution in [0.15, 0.2) is 4.52 Å². The highest BCUT2D eigenvalue weighted by atomic mass is 35.5. The number of hydrogen-bond acceptors (Lipinski definition) is 3. The Morgan fingerprint density at radius 2 is 2.40 bits per heavy atom. The molecule has 0 unspecified atom stereocenters. The van der Waals surface area contributed by atoms with Crippen LogP contribution in [-0.2, 0) is 6.42 Å². The number of rotatable bonds is 2. The lowest BCUT2D eigenvalue weighted by atomic mass is 10.2. The lowest BCUT2D eigenvalue weighted by Crippen LogP contribution is -1.88. The smallest absolute Gasteiger partial charge is 0.226 e. The van der Waals surface area contributed by atoms with Crippen molar-refractivity contribution in [1.82, 2.24) is 5.16 Å². The normalized spacial score (nSPS) is 10.2. The van der Waals surface area contributed by atoms with Gasteiger partial charge in [-0.2, -0.15) is 0 Å². The minimum absolute atomic E-state index is 0.340. The third kappa shape index (κ3) is 1.24. The summed E-state index contributed by atoms with van der Waals surface area (Å²) in [6.07, 6.45) is 1.82. The summed E-state index contributed by atoms with van der Waals surface area (Å²) in [6, 6.07) is 0. The van der Waals surface area contributed by atoms with E-state index in [4.69, 9.17) is 17.3 Å². The van der Waals surface area contributed by atoms with Crippen LogP contribution >= 0.6 is 11.6 Å². The third-order valence-electron chi connectivity index (χ3n) is 1.27. The van der Waals surface area contributed by atoms with Crippen LogP contribution in [0.1, 0.15) is 18.9 Å². The average Bonchev–Trinajstić information content (AvgIpc) is 2.20. The lowest BCUT2D eigenvalue weighted by molar-refractivity contribution is 0.436. The molecule has 0 bridgehead atoms. The molecule has 4 heteroatoms. The molecule has 1 heterocycles. The fourth-order valence-electron chi connectivity index (χ4n) is 0.777. The second-order valence-corrected chi connectivity index (χ2v) is 2.42. The highest BCUT2D eigenvalue weighted by Gasteiger charge is 2.08. The second kappa shape index (κ2) is 2.92. The number of nitrogens with zero attached hydrogens (tertiary/aromatic N) is 1. The van der Waals surface area contributed by atoms with Crippen LogP contribution in [0.25, 0.3) is 0 Å². The van der Waals surface area contributed by atoms with Gasteiger partial charge in [0.05, 0.1) is 5.56 Å². The fourth-order valence-corrected chi connectivity index (χ4v) is 1.000. The summed E-state index contributed by atoms with van der Waals surface area (Å²) in [5, 5.41) is 3.89. The average molecular weight is 161 g/mol. The maximum absolute atomic E-state index is 5.64. The van der Waals surface area contributed by atoms with E-state index in [1.54, 1.807) is 0 Å². The molecule has 1 aromatic rings. The van der Waals surface area contributed by atoms with E-state index in [1.807, 2.05) is 6.92 Å². The van der Waals surface area contributed by atoms with Gasteiger partial charge in [-0.3, -0.25) is 0 Å². The Bertz CT molecular complexity index is 202. The third-order valence-corrected chi connectivity index (χ3v) is 1.57. The van der Waals surface area contributed by atoms with Crippen molar-refractivity contribution in [1.29, 1.82) is 0 Å². The zero-order valence-corrected chi connectivity index (χ0v) is 6.48. The fraction of sp³-hybridized carbons (Fsp3) is 0.500. The molecule has 0 spiro atoms. The van der Waals surface area contributed by atoms with Gasteiger partial charge in [0.1, 0.15) is 0 Å². The van der Waals surface area contributed by atoms with E-state index in [2.05, 4.69) is 9.68 Å². The molecular weight excluding hydrogens is 152 g/mol. The van der Waals surface area contributed by atoms with Crippen LogP contribution in [-0.4, -0.2) is 5.16 Å². The Hall–Kier alpha value is -0.700. The van der Waals surface area contributed by atoms with Crippen molar-refractivity contribution in [3.05, 3.63) is 10.7 Å². The molecule has 0 radical (unpaired) electrons. The van der Waals surface area contributed by atoms with E-state index in [1.165, 1.54) is 0 Å². The molecule has 56 valence electrons. The second-order valence-electron chi connectivity index (χ2n) is 2.07. The van der Waals surface area contributed by atoms with E-state index in [0.29, 0.717) is 11.0 Å². The van der Waals surface area contributed by atoms with Crippen LogP contribution in [0, 0.1) is 0 Å². The summed E-state index contributed by atoms with van der Waals surface area (Å²) >= 11 is 5.64. The van der Waals surface area contributed by atoms with Crippen LogP contribution in [0.5, 0.6) is 0 Å². The standard InChI is InChI=1S/C6H9ClN2O/c1-2-3-4-5(7)9-10-6(4)8/h2-3,8H2,1H3. The molecule has 0 atom stereocenters. The SMILES string of the molecule is CCCc1c(Cl)noc1N. The van der Waals surface area contributed by atoms with E-state index in [-0.39, 0.29) is 0 Å². The summed E-state index contributed by atoms with van der Waals surface area (Å²) in [5.74, 6) is 0.340. The molecule has 0 aromatic carbocycles. The Kier molecular flexibility index (Phi) is 2.17. The summed E-state index contributed by atoms with van der Waals surface area (Å²) in [7, 11) is 0. The lowest BCUT2D eigenvalue weighted by Gasteiger charge is -1.91. The molecule has 0 saturated carbocycles. The minimum Gasteiger partial charge on any atom is -0.367 e. The first-order valence-electron chi connectivity index (χ1n) is 3.15. The van der Waals surface area contributed by atoms with Gasteiger partial charge in [0, 0.05) is 0 Å². The zero-order valence-electron chi connectivity index (χ0n) is 5.72. The highest BCUT2D eigenvalue weighted by Crippen LogP contribution is 2.21. The van der Waals surface area contributed by atoms with Gasteiger partial charge in [0.15, 0.2) is 5.15 Å². The largest absolute Gasteiger partial charge is 0.367 e. The van der Waals surface area contributed by atoms with Crippen molar-refractivity contribution < 1.29 is 4.52 Å². The number of halogens is 1. The Labute approximate surface area is 64.1 Å². The number of anilines is 1. The summed E-state index contributed by atoms with van der Waals surface area (Å²) in [6.45, 7) is 2.04. The first-order valence-corrected chi connectivity index (χ1v) is 3.53. The number of hydrogen-bond donors (Lipinski definition) is 1. The van der Waals surface area contributed by atoms with Crippen LogP contribution < -0.4 is 5.73 Å². The van der Waals surface area contributed by atoms with Crippen LogP contribution in [0.3, 0.4) is 0 Å². The molecule has 0 aliphatic rings. The molecule has 3 nitrogen and oxygen atoms in total. The molecule has 10 heavy (non-hydrogen) atoms. The predicted octanol–water partition coefficient (Wildman–Crippen LogP) is 1.86. The van der Waals surface area contributed by atoms with Gasteiger partial charge in [-0.25, -0.2) is 0 Å². The van der Waals surface area contributed by atoms with Crippen molar-refractivity contribution >= 4 is 17.5 Å². The predicted molar refractivity (Wildman–Crippen MR) is 39.9 cm³/mol. The molecule has 0 saturated heterocycles. The Balaban J connectivity index is 2.87. The molecule has 0 fully saturated rings. The maximum atomic E-state index is 5.64. The molecule has 1 aromatic heterocycles. The van der Waals surface area contributed by atoms with Gasteiger partial charge in [0.25, 0.3) is 0 Å². The van der Waals surface area contributed by atoms with Crippen molar-refractivity contribution in [2.24, 2.45) is 0 Å². The molecule has 0 aliphatic heterocycles. The molecule has 0 aliphatic carbocycles. The Morgan fingerprint density at radius 3 is 2.80 bits per heavy atom. The Morgan fingerprint density at radius 1 is 1.70 bits per heavy atom. The number of nitrogen functional groups attached to an aromatic ring is 1. The molecule has 0 amide bonds. The number of nitrogens with two attached hydrogens (primary N) is 1. The quantitative estimate of drug-likeness (QED) is 0.719. The summed E-state index contributed by atoms with van der Waals surface area (Å²) in [5.41, 5.74) is 6.24. The molecule has 1 rings (SSSR count). The summed E-state index contributed by atoms with van der Waals surface area (Å²) in [4.78, 5) is 0. The van der Waals surface area contributed by atoms with Crippen molar-refractivity contribution in [2.75, 3.05) is 5.73 Å². The molecule has 2 N–H and O–H groups in total. The highest BCUT2D eigenvalue weighted by molar-refractivity contribution is 6.30. The van der Waals surface area contributed by atoms with E-state index in [0.717, 1.165) is 18.4 Å². The van der Waals surface area contributed by atoms with Gasteiger partial charge in [-0.05, 0) is 6.42 Å². The number of aromatic nitrogens is 1. The van der Waals surface area contributed by atoms with Crippen LogP contribution in [0.4, 0.5) is 5.88 Å². The topological polar surface area (TPSA) is 52.0 Å². The van der Waals surface area contributed by atoms with Crippen LogP contribution in [0.2, 0.25) is 5.15 Å². The maximum Gasteiger partial charge on any atom is 0.226 e. The van der Waals surface area contributed by atoms with Crippen molar-refractivity contribution in [3.8, 4) is 0 Å². The van der Waals surface area contributed by atoms with E-state index >= 15 is 0 Å². The first-order chi connectivity index (χ1) is 4.75. The first kappa shape index (κ1) is 7.41. The monoisotopic (exact) mass is 160 g/mol. The van der Waals surface area contributed by atoms with E-state index in [9.17, 15) is 0 Å². The van der Waals surface area contributed by atoms with Gasteiger partial charge < -0.3 is 10.3 Å². The zero-order chi connectivity index (χ0) is 7.56.